The molecule has 0 unspecified atom stereocenters. The van der Waals surface area contributed by atoms with Crippen molar-refractivity contribution in [1.29, 1.82) is 0 Å². The number of aromatic nitrogens is 2. The van der Waals surface area contributed by atoms with Crippen LogP contribution in [0.5, 0.6) is 0 Å². The highest BCUT2D eigenvalue weighted by molar-refractivity contribution is 5.74. The maximum absolute atomic E-state index is 13.9. The van der Waals surface area contributed by atoms with Gasteiger partial charge in [0.2, 0.25) is 5.82 Å². The molecular formula is C26H22F3N3O3. The van der Waals surface area contributed by atoms with E-state index in [0.717, 1.165) is 17.2 Å². The molecule has 1 heterocycles. The van der Waals surface area contributed by atoms with E-state index in [1.807, 2.05) is 12.1 Å². The van der Waals surface area contributed by atoms with E-state index in [1.54, 1.807) is 55.3 Å². The fraction of sp³-hybridized carbons (Fsp3) is 0.192. The van der Waals surface area contributed by atoms with Crippen LogP contribution in [0.3, 0.4) is 0 Å². The van der Waals surface area contributed by atoms with E-state index in [0.29, 0.717) is 17.7 Å². The van der Waals surface area contributed by atoms with Gasteiger partial charge in [-0.3, -0.25) is 9.69 Å². The van der Waals surface area contributed by atoms with Crippen LogP contribution in [-0.2, 0) is 17.5 Å². The van der Waals surface area contributed by atoms with Crippen molar-refractivity contribution in [2.75, 3.05) is 13.6 Å². The second-order valence-corrected chi connectivity index (χ2v) is 8.26. The fourth-order valence-corrected chi connectivity index (χ4v) is 3.84. The summed E-state index contributed by atoms with van der Waals surface area (Å²) in [4.78, 5) is 16.8. The van der Waals surface area contributed by atoms with Crippen LogP contribution in [0, 0.1) is 6.92 Å². The Morgan fingerprint density at radius 2 is 1.69 bits per heavy atom. The van der Waals surface area contributed by atoms with E-state index >= 15 is 0 Å². The molecule has 6 nitrogen and oxygen atoms in total. The first-order valence-electron chi connectivity index (χ1n) is 10.7. The van der Waals surface area contributed by atoms with Gasteiger partial charge in [0.05, 0.1) is 12.1 Å². The molecular weight excluding hydrogens is 459 g/mol. The van der Waals surface area contributed by atoms with Gasteiger partial charge in [-0.2, -0.15) is 18.2 Å². The number of aliphatic carboxylic acids is 1. The van der Waals surface area contributed by atoms with Crippen LogP contribution in [-0.4, -0.2) is 39.7 Å². The minimum atomic E-state index is -4.57. The molecule has 4 aromatic rings. The van der Waals surface area contributed by atoms with Gasteiger partial charge in [0.1, 0.15) is 0 Å². The Morgan fingerprint density at radius 3 is 2.34 bits per heavy atom. The van der Waals surface area contributed by atoms with E-state index in [2.05, 4.69) is 10.1 Å². The van der Waals surface area contributed by atoms with Gasteiger partial charge in [0, 0.05) is 17.7 Å². The number of hydrogen-bond acceptors (Lipinski definition) is 5. The third kappa shape index (κ3) is 5.58. The molecule has 35 heavy (non-hydrogen) atoms. The van der Waals surface area contributed by atoms with Crippen molar-refractivity contribution in [3.8, 4) is 34.0 Å². The lowest BCUT2D eigenvalue weighted by atomic mass is 9.94. The highest BCUT2D eigenvalue weighted by Crippen LogP contribution is 2.40. The lowest BCUT2D eigenvalue weighted by Crippen LogP contribution is -2.25. The van der Waals surface area contributed by atoms with Crippen LogP contribution in [0.25, 0.3) is 34.0 Å². The van der Waals surface area contributed by atoms with Gasteiger partial charge in [-0.05, 0) is 48.4 Å². The average Bonchev–Trinajstić information content (AvgIpc) is 3.29. The normalized spacial score (nSPS) is 11.7. The Labute approximate surface area is 199 Å². The van der Waals surface area contributed by atoms with Crippen molar-refractivity contribution in [3.05, 3.63) is 83.4 Å². The quantitative estimate of drug-likeness (QED) is 0.353. The molecule has 0 atom stereocenters. The van der Waals surface area contributed by atoms with Crippen LogP contribution in [0.2, 0.25) is 0 Å². The lowest BCUT2D eigenvalue weighted by molar-refractivity contribution is -0.138. The Hall–Kier alpha value is -3.98. The summed E-state index contributed by atoms with van der Waals surface area (Å²) in [6, 6.07) is 18.0. The number of rotatable bonds is 7. The molecule has 0 amide bonds. The lowest BCUT2D eigenvalue weighted by Gasteiger charge is -2.15. The number of carbonyl (C=O) groups is 1. The summed E-state index contributed by atoms with van der Waals surface area (Å²) in [5, 5.41) is 12.8. The number of alkyl halides is 3. The molecule has 0 aliphatic rings. The summed E-state index contributed by atoms with van der Waals surface area (Å²) < 4.78 is 47.1. The third-order valence-electron chi connectivity index (χ3n) is 5.50. The molecule has 0 saturated heterocycles. The monoisotopic (exact) mass is 481 g/mol. The standard InChI is InChI=1S/C26H22F3N3O3/c1-16-5-3-4-6-20(16)21-12-11-19(13-22(21)26(27,28)29)25-30-24(31-35-25)18-9-7-17(8-10-18)14-32(2)15-23(33)34/h3-13H,14-15H2,1-2H3,(H,33,34). The number of benzene rings is 3. The highest BCUT2D eigenvalue weighted by atomic mass is 19.4. The van der Waals surface area contributed by atoms with E-state index < -0.39 is 17.7 Å². The summed E-state index contributed by atoms with van der Waals surface area (Å²) in [7, 11) is 1.70. The molecule has 0 spiro atoms. The summed E-state index contributed by atoms with van der Waals surface area (Å²) >= 11 is 0. The highest BCUT2D eigenvalue weighted by Gasteiger charge is 2.34. The zero-order valence-corrected chi connectivity index (χ0v) is 19.0. The molecule has 180 valence electrons. The Bertz CT molecular complexity index is 1350. The van der Waals surface area contributed by atoms with Crippen LogP contribution < -0.4 is 0 Å². The number of hydrogen-bond donors (Lipinski definition) is 1. The van der Waals surface area contributed by atoms with Gasteiger partial charge in [-0.1, -0.05) is 59.8 Å². The molecule has 0 fully saturated rings. The van der Waals surface area contributed by atoms with Crippen LogP contribution in [0.1, 0.15) is 16.7 Å². The Morgan fingerprint density at radius 1 is 1.00 bits per heavy atom. The zero-order valence-electron chi connectivity index (χ0n) is 19.0. The summed E-state index contributed by atoms with van der Waals surface area (Å²) in [5.74, 6) is -0.696. The first-order chi connectivity index (χ1) is 16.6. The molecule has 0 aliphatic heterocycles. The van der Waals surface area contributed by atoms with Crippen molar-refractivity contribution in [1.82, 2.24) is 15.0 Å². The van der Waals surface area contributed by atoms with Crippen molar-refractivity contribution in [2.45, 2.75) is 19.6 Å². The number of aryl methyl sites for hydroxylation is 1. The smallest absolute Gasteiger partial charge is 0.417 e. The van der Waals surface area contributed by atoms with Crippen molar-refractivity contribution in [2.24, 2.45) is 0 Å². The second-order valence-electron chi connectivity index (χ2n) is 8.26. The number of carboxylic acids is 1. The van der Waals surface area contributed by atoms with Gasteiger partial charge in [0.15, 0.2) is 0 Å². The second kappa shape index (κ2) is 9.71. The van der Waals surface area contributed by atoms with Gasteiger partial charge in [-0.25, -0.2) is 0 Å². The molecule has 0 saturated carbocycles. The predicted molar refractivity (Wildman–Crippen MR) is 124 cm³/mol. The van der Waals surface area contributed by atoms with Crippen LogP contribution >= 0.6 is 0 Å². The SMILES string of the molecule is Cc1ccccc1-c1ccc(-c2nc(-c3ccc(CN(C)CC(=O)O)cc3)no2)cc1C(F)(F)F. The summed E-state index contributed by atoms with van der Waals surface area (Å²) in [5.41, 5.74) is 2.23. The first-order valence-corrected chi connectivity index (χ1v) is 10.7. The van der Waals surface area contributed by atoms with Crippen molar-refractivity contribution in [3.63, 3.8) is 0 Å². The molecule has 0 aliphatic carbocycles. The van der Waals surface area contributed by atoms with E-state index in [4.69, 9.17) is 9.63 Å². The molecule has 1 N–H and O–H groups in total. The van der Waals surface area contributed by atoms with Gasteiger partial charge < -0.3 is 9.63 Å². The number of carboxylic acid groups (broad SMARTS) is 1. The molecule has 9 heteroatoms. The summed E-state index contributed by atoms with van der Waals surface area (Å²) in [6.07, 6.45) is -4.57. The predicted octanol–water partition coefficient (Wildman–Crippen LogP) is 5.91. The van der Waals surface area contributed by atoms with Crippen molar-refractivity contribution < 1.29 is 27.6 Å². The maximum Gasteiger partial charge on any atom is 0.417 e. The molecule has 4 rings (SSSR count). The average molecular weight is 481 g/mol. The van der Waals surface area contributed by atoms with Crippen LogP contribution in [0.4, 0.5) is 13.2 Å². The van der Waals surface area contributed by atoms with Crippen molar-refractivity contribution >= 4 is 5.97 Å². The molecule has 1 aromatic heterocycles. The number of nitrogens with zero attached hydrogens (tertiary/aromatic N) is 3. The van der Waals surface area contributed by atoms with E-state index in [9.17, 15) is 18.0 Å². The minimum Gasteiger partial charge on any atom is -0.480 e. The third-order valence-corrected chi connectivity index (χ3v) is 5.50. The minimum absolute atomic E-state index is 0.0212. The van der Waals surface area contributed by atoms with Gasteiger partial charge in [-0.15, -0.1) is 0 Å². The zero-order chi connectivity index (χ0) is 25.2. The van der Waals surface area contributed by atoms with E-state index in [1.165, 1.54) is 12.1 Å². The largest absolute Gasteiger partial charge is 0.480 e. The molecule has 0 radical (unpaired) electrons. The Kier molecular flexibility index (Phi) is 6.70. The fourth-order valence-electron chi connectivity index (χ4n) is 3.84. The topological polar surface area (TPSA) is 79.5 Å². The number of halogens is 3. The maximum atomic E-state index is 13.9. The molecule has 0 bridgehead atoms. The Balaban J connectivity index is 1.61. The molecule has 3 aromatic carbocycles. The van der Waals surface area contributed by atoms with Gasteiger partial charge in [0.25, 0.3) is 5.89 Å². The number of likely N-dealkylation sites (N-methyl/N-ethyl adjacent to an activating group) is 1. The van der Waals surface area contributed by atoms with E-state index in [-0.39, 0.29) is 29.4 Å². The summed E-state index contributed by atoms with van der Waals surface area (Å²) in [6.45, 7) is 2.12. The first kappa shape index (κ1) is 24.2. The van der Waals surface area contributed by atoms with Gasteiger partial charge >= 0.3 is 12.1 Å². The van der Waals surface area contributed by atoms with Crippen LogP contribution in [0.15, 0.2) is 71.3 Å².